The number of nitrogens with zero attached hydrogens (tertiary/aromatic N) is 4. The summed E-state index contributed by atoms with van der Waals surface area (Å²) in [6.45, 7) is 2.64. The second-order valence-electron chi connectivity index (χ2n) is 6.17. The van der Waals surface area contributed by atoms with Crippen LogP contribution in [-0.2, 0) is 4.79 Å². The minimum atomic E-state index is -0.555. The van der Waals surface area contributed by atoms with Gasteiger partial charge in [-0.3, -0.25) is 4.79 Å². The van der Waals surface area contributed by atoms with E-state index in [0.717, 1.165) is 0 Å². The van der Waals surface area contributed by atoms with Gasteiger partial charge in [0.2, 0.25) is 11.9 Å². The van der Waals surface area contributed by atoms with Gasteiger partial charge in [-0.05, 0) is 24.3 Å². The highest BCUT2D eigenvalue weighted by Gasteiger charge is 2.22. The zero-order chi connectivity index (χ0) is 19.9. The third-order valence-corrected chi connectivity index (χ3v) is 4.76. The maximum Gasteiger partial charge on any atom is 0.319 e. The fourth-order valence-electron chi connectivity index (χ4n) is 2.81. The number of aromatic nitrogens is 2. The molecule has 8 nitrogen and oxygen atoms in total. The van der Waals surface area contributed by atoms with Crippen LogP contribution in [0.3, 0.4) is 0 Å². The Morgan fingerprint density at radius 3 is 2.54 bits per heavy atom. The molecule has 2 heterocycles. The molecule has 3 rings (SSSR count). The lowest BCUT2D eigenvalue weighted by Crippen LogP contribution is -2.49. The Balaban J connectivity index is 1.38. The number of anilines is 2. The molecule has 0 atom stereocenters. The number of benzene rings is 1. The zero-order valence-corrected chi connectivity index (χ0v) is 16.7. The summed E-state index contributed by atoms with van der Waals surface area (Å²) in [7, 11) is 0. The summed E-state index contributed by atoms with van der Waals surface area (Å²) in [5.41, 5.74) is 0.0753. The van der Waals surface area contributed by atoms with E-state index < -0.39 is 11.8 Å². The van der Waals surface area contributed by atoms with Crippen molar-refractivity contribution in [1.29, 1.82) is 0 Å². The molecule has 0 bridgehead atoms. The molecule has 3 amide bonds. The molecule has 1 fully saturated rings. The summed E-state index contributed by atoms with van der Waals surface area (Å²) >= 11 is 3.15. The van der Waals surface area contributed by atoms with Gasteiger partial charge < -0.3 is 20.4 Å². The first kappa shape index (κ1) is 20.0. The van der Waals surface area contributed by atoms with Crippen molar-refractivity contribution < 1.29 is 14.0 Å². The van der Waals surface area contributed by atoms with Gasteiger partial charge in [0.1, 0.15) is 5.82 Å². The highest BCUT2D eigenvalue weighted by Crippen LogP contribution is 2.19. The molecule has 1 aromatic heterocycles. The lowest BCUT2D eigenvalue weighted by Gasteiger charge is -2.34. The van der Waals surface area contributed by atoms with E-state index in [1.807, 2.05) is 4.90 Å². The Labute approximate surface area is 170 Å². The van der Waals surface area contributed by atoms with Gasteiger partial charge >= 0.3 is 6.03 Å². The van der Waals surface area contributed by atoms with E-state index in [2.05, 4.69) is 36.5 Å². The lowest BCUT2D eigenvalue weighted by molar-refractivity contribution is -0.131. The Kier molecular flexibility index (Phi) is 6.75. The molecule has 2 aromatic rings. The average Bonchev–Trinajstić information content (AvgIpc) is 2.71. The summed E-state index contributed by atoms with van der Waals surface area (Å²) in [6, 6.07) is 5.55. The van der Waals surface area contributed by atoms with Gasteiger partial charge in [-0.1, -0.05) is 15.9 Å². The number of carbonyl (C=O) groups excluding carboxylic acids is 2. The van der Waals surface area contributed by atoms with E-state index >= 15 is 0 Å². The molecule has 1 saturated heterocycles. The smallest absolute Gasteiger partial charge is 0.319 e. The van der Waals surface area contributed by atoms with Gasteiger partial charge in [0.05, 0.1) is 5.69 Å². The van der Waals surface area contributed by atoms with Crippen LogP contribution in [0, 0.1) is 5.82 Å². The second kappa shape index (κ2) is 9.45. The van der Waals surface area contributed by atoms with Crippen molar-refractivity contribution in [2.24, 2.45) is 0 Å². The first-order valence-corrected chi connectivity index (χ1v) is 9.62. The third kappa shape index (κ3) is 5.38. The molecule has 0 unspecified atom stereocenters. The Hall–Kier alpha value is -2.75. The number of amides is 3. The Bertz CT molecular complexity index is 830. The van der Waals surface area contributed by atoms with E-state index in [-0.39, 0.29) is 24.6 Å². The number of rotatable bonds is 5. The van der Waals surface area contributed by atoms with Crippen molar-refractivity contribution in [1.82, 2.24) is 20.2 Å². The van der Waals surface area contributed by atoms with Gasteiger partial charge in [0.15, 0.2) is 0 Å². The maximum atomic E-state index is 13.7. The summed E-state index contributed by atoms with van der Waals surface area (Å²) in [4.78, 5) is 36.4. The molecule has 0 spiro atoms. The number of piperazine rings is 1. The van der Waals surface area contributed by atoms with E-state index in [1.54, 1.807) is 29.4 Å². The fourth-order valence-corrected chi connectivity index (χ4v) is 3.14. The van der Waals surface area contributed by atoms with Crippen molar-refractivity contribution in [2.75, 3.05) is 42.9 Å². The van der Waals surface area contributed by atoms with Crippen molar-refractivity contribution >= 4 is 39.5 Å². The fraction of sp³-hybridized carbons (Fsp3) is 0.333. The average molecular weight is 451 g/mol. The molecule has 1 aromatic carbocycles. The minimum Gasteiger partial charge on any atom is -0.339 e. The van der Waals surface area contributed by atoms with Crippen molar-refractivity contribution in [3.8, 4) is 0 Å². The van der Waals surface area contributed by atoms with Gasteiger partial charge in [-0.25, -0.2) is 19.2 Å². The van der Waals surface area contributed by atoms with Crippen LogP contribution in [0.4, 0.5) is 20.8 Å². The number of urea groups is 1. The highest BCUT2D eigenvalue weighted by molar-refractivity contribution is 9.10. The molecule has 0 radical (unpaired) electrons. The molecule has 148 valence electrons. The molecule has 1 aliphatic rings. The van der Waals surface area contributed by atoms with Gasteiger partial charge in [0.25, 0.3) is 0 Å². The largest absolute Gasteiger partial charge is 0.339 e. The molecular formula is C18H20BrFN6O2. The van der Waals surface area contributed by atoms with Crippen LogP contribution in [0.2, 0.25) is 0 Å². The van der Waals surface area contributed by atoms with Crippen molar-refractivity contribution in [2.45, 2.75) is 6.42 Å². The summed E-state index contributed by atoms with van der Waals surface area (Å²) < 4.78 is 14.3. The number of nitrogens with one attached hydrogen (secondary N) is 2. The van der Waals surface area contributed by atoms with E-state index in [9.17, 15) is 14.0 Å². The predicted octanol–water partition coefficient (Wildman–Crippen LogP) is 2.24. The van der Waals surface area contributed by atoms with Crippen LogP contribution >= 0.6 is 15.9 Å². The number of halogens is 2. The molecule has 0 saturated carbocycles. The third-order valence-electron chi connectivity index (χ3n) is 4.27. The molecule has 1 aliphatic heterocycles. The molecule has 2 N–H and O–H groups in total. The summed E-state index contributed by atoms with van der Waals surface area (Å²) in [5.74, 6) is 0.0812. The first-order valence-electron chi connectivity index (χ1n) is 8.82. The van der Waals surface area contributed by atoms with Crippen LogP contribution in [0.25, 0.3) is 0 Å². The van der Waals surface area contributed by atoms with E-state index in [1.165, 1.54) is 12.1 Å². The van der Waals surface area contributed by atoms with E-state index in [0.29, 0.717) is 36.6 Å². The number of hydrogen-bond donors (Lipinski definition) is 2. The van der Waals surface area contributed by atoms with Crippen LogP contribution in [0.1, 0.15) is 6.42 Å². The van der Waals surface area contributed by atoms with Gasteiger partial charge in [-0.2, -0.15) is 0 Å². The van der Waals surface area contributed by atoms with Crippen LogP contribution < -0.4 is 15.5 Å². The normalized spacial score (nSPS) is 13.9. The number of carbonyl (C=O) groups is 2. The van der Waals surface area contributed by atoms with Crippen molar-refractivity contribution in [3.63, 3.8) is 0 Å². The maximum absolute atomic E-state index is 13.7. The van der Waals surface area contributed by atoms with Crippen LogP contribution in [-0.4, -0.2) is 59.5 Å². The van der Waals surface area contributed by atoms with Gasteiger partial charge in [0, 0.05) is 56.0 Å². The quantitative estimate of drug-likeness (QED) is 0.728. The molecular weight excluding hydrogens is 431 g/mol. The topological polar surface area (TPSA) is 90.5 Å². The van der Waals surface area contributed by atoms with E-state index in [4.69, 9.17) is 0 Å². The standard InChI is InChI=1S/C18H20BrFN6O2/c19-13-2-3-15(14(20)12-13)24-18(28)23-7-4-16(27)25-8-10-26(11-9-25)17-21-5-1-6-22-17/h1-3,5-6,12H,4,7-11H2,(H2,23,24,28). The Morgan fingerprint density at radius 2 is 1.86 bits per heavy atom. The molecule has 28 heavy (non-hydrogen) atoms. The molecule has 10 heteroatoms. The number of hydrogen-bond acceptors (Lipinski definition) is 5. The minimum absolute atomic E-state index is 0.0382. The zero-order valence-electron chi connectivity index (χ0n) is 15.1. The van der Waals surface area contributed by atoms with Gasteiger partial charge in [-0.15, -0.1) is 0 Å². The predicted molar refractivity (Wildman–Crippen MR) is 107 cm³/mol. The highest BCUT2D eigenvalue weighted by atomic mass is 79.9. The van der Waals surface area contributed by atoms with Crippen LogP contribution in [0.15, 0.2) is 41.1 Å². The summed E-state index contributed by atoms with van der Waals surface area (Å²) in [6.07, 6.45) is 3.56. The first-order chi connectivity index (χ1) is 13.5. The summed E-state index contributed by atoms with van der Waals surface area (Å²) in [5, 5.41) is 4.99. The monoisotopic (exact) mass is 450 g/mol. The van der Waals surface area contributed by atoms with Crippen LogP contribution in [0.5, 0.6) is 0 Å². The SMILES string of the molecule is O=C(NCCC(=O)N1CCN(c2ncccn2)CC1)Nc1ccc(Br)cc1F. The Morgan fingerprint density at radius 1 is 1.14 bits per heavy atom. The second-order valence-corrected chi connectivity index (χ2v) is 7.09. The van der Waals surface area contributed by atoms with Crippen molar-refractivity contribution in [3.05, 3.63) is 46.9 Å². The molecule has 0 aliphatic carbocycles. The lowest BCUT2D eigenvalue weighted by atomic mass is 10.3.